The molecule has 1 atom stereocenters. The molecule has 0 radical (unpaired) electrons. The summed E-state index contributed by atoms with van der Waals surface area (Å²) in [7, 11) is 1.66. The van der Waals surface area contributed by atoms with Crippen LogP contribution in [0.3, 0.4) is 0 Å². The molecule has 0 bridgehead atoms. The first-order chi connectivity index (χ1) is 11.2. The lowest BCUT2D eigenvalue weighted by Gasteiger charge is -2.24. The van der Waals surface area contributed by atoms with Gasteiger partial charge in [-0.3, -0.25) is 4.79 Å². The summed E-state index contributed by atoms with van der Waals surface area (Å²) < 4.78 is 5.26. The Morgan fingerprint density at radius 3 is 2.46 bits per heavy atom. The molecule has 134 valence electrons. The molecule has 0 fully saturated rings. The minimum Gasteiger partial charge on any atom is -0.444 e. The summed E-state index contributed by atoms with van der Waals surface area (Å²) in [5.74, 6) is 0.621. The standard InChI is InChI=1S/C18H28N2O3S/c1-14(13-24-15-9-7-6-8-10-15)16(21)19-11-12-20(5)17(22)23-18(2,3)4/h6-10,14H,11-13H2,1-5H3,(H,19,21). The van der Waals surface area contributed by atoms with Crippen LogP contribution in [0.25, 0.3) is 0 Å². The second-order valence-electron chi connectivity index (χ2n) is 6.72. The average molecular weight is 353 g/mol. The molecule has 0 saturated heterocycles. The van der Waals surface area contributed by atoms with E-state index in [4.69, 9.17) is 4.74 Å². The average Bonchev–Trinajstić information content (AvgIpc) is 2.51. The van der Waals surface area contributed by atoms with E-state index < -0.39 is 5.60 Å². The number of ether oxygens (including phenoxy) is 1. The van der Waals surface area contributed by atoms with Gasteiger partial charge in [0.15, 0.2) is 0 Å². The number of benzene rings is 1. The van der Waals surface area contributed by atoms with Gasteiger partial charge >= 0.3 is 6.09 Å². The van der Waals surface area contributed by atoms with Crippen LogP contribution in [0.5, 0.6) is 0 Å². The van der Waals surface area contributed by atoms with Gasteiger partial charge in [0.25, 0.3) is 0 Å². The van der Waals surface area contributed by atoms with E-state index in [9.17, 15) is 9.59 Å². The zero-order valence-corrected chi connectivity index (χ0v) is 16.0. The number of likely N-dealkylation sites (N-methyl/N-ethyl adjacent to an activating group) is 1. The predicted octanol–water partition coefficient (Wildman–Crippen LogP) is 3.40. The fourth-order valence-corrected chi connectivity index (χ4v) is 2.71. The number of nitrogens with zero attached hydrogens (tertiary/aromatic N) is 1. The summed E-state index contributed by atoms with van der Waals surface area (Å²) in [5, 5.41) is 2.87. The first-order valence-corrected chi connectivity index (χ1v) is 9.07. The maximum atomic E-state index is 12.1. The second-order valence-corrected chi connectivity index (χ2v) is 7.81. The molecular formula is C18H28N2O3S. The molecule has 0 saturated carbocycles. The van der Waals surface area contributed by atoms with Gasteiger partial charge in [-0.15, -0.1) is 11.8 Å². The fraction of sp³-hybridized carbons (Fsp3) is 0.556. The molecule has 0 aromatic heterocycles. The van der Waals surface area contributed by atoms with Crippen molar-refractivity contribution in [3.05, 3.63) is 30.3 Å². The summed E-state index contributed by atoms with van der Waals surface area (Å²) in [4.78, 5) is 26.5. The first kappa shape index (κ1) is 20.4. The van der Waals surface area contributed by atoms with Crippen molar-refractivity contribution in [1.29, 1.82) is 0 Å². The predicted molar refractivity (Wildman–Crippen MR) is 98.2 cm³/mol. The van der Waals surface area contributed by atoms with Crippen LogP contribution in [0.15, 0.2) is 35.2 Å². The van der Waals surface area contributed by atoms with E-state index in [2.05, 4.69) is 5.32 Å². The Morgan fingerprint density at radius 2 is 1.88 bits per heavy atom. The van der Waals surface area contributed by atoms with Crippen molar-refractivity contribution in [3.8, 4) is 0 Å². The quantitative estimate of drug-likeness (QED) is 0.764. The number of rotatable bonds is 7. The van der Waals surface area contributed by atoms with Crippen molar-refractivity contribution in [1.82, 2.24) is 10.2 Å². The lowest BCUT2D eigenvalue weighted by molar-refractivity contribution is -0.123. The van der Waals surface area contributed by atoms with Gasteiger partial charge in [0.1, 0.15) is 5.60 Å². The van der Waals surface area contributed by atoms with Crippen LogP contribution < -0.4 is 5.32 Å². The lowest BCUT2D eigenvalue weighted by Crippen LogP contribution is -2.40. The molecule has 0 aliphatic carbocycles. The maximum Gasteiger partial charge on any atom is 0.410 e. The Bertz CT molecular complexity index is 529. The molecule has 0 spiro atoms. The Balaban J connectivity index is 2.26. The molecule has 24 heavy (non-hydrogen) atoms. The number of nitrogens with one attached hydrogen (secondary N) is 1. The van der Waals surface area contributed by atoms with Gasteiger partial charge in [-0.2, -0.15) is 0 Å². The van der Waals surface area contributed by atoms with E-state index in [1.165, 1.54) is 4.90 Å². The normalized spacial score (nSPS) is 12.4. The summed E-state index contributed by atoms with van der Waals surface area (Å²) in [6, 6.07) is 10.0. The van der Waals surface area contributed by atoms with E-state index in [0.29, 0.717) is 13.1 Å². The number of amides is 2. The van der Waals surface area contributed by atoms with Gasteiger partial charge in [0.05, 0.1) is 0 Å². The van der Waals surface area contributed by atoms with Crippen molar-refractivity contribution in [2.24, 2.45) is 5.92 Å². The van der Waals surface area contributed by atoms with E-state index in [1.807, 2.05) is 58.0 Å². The first-order valence-electron chi connectivity index (χ1n) is 8.08. The Hall–Kier alpha value is -1.69. The van der Waals surface area contributed by atoms with Crippen molar-refractivity contribution in [3.63, 3.8) is 0 Å². The van der Waals surface area contributed by atoms with Gasteiger partial charge in [-0.25, -0.2) is 4.79 Å². The summed E-state index contributed by atoms with van der Waals surface area (Å²) in [6.45, 7) is 8.21. The molecule has 1 N–H and O–H groups in total. The molecular weight excluding hydrogens is 324 g/mol. The van der Waals surface area contributed by atoms with Crippen molar-refractivity contribution >= 4 is 23.8 Å². The largest absolute Gasteiger partial charge is 0.444 e. The minimum atomic E-state index is -0.516. The zero-order valence-electron chi connectivity index (χ0n) is 15.2. The van der Waals surface area contributed by atoms with E-state index in [0.717, 1.165) is 10.6 Å². The SMILES string of the molecule is CC(CSc1ccccc1)C(=O)NCCN(C)C(=O)OC(C)(C)C. The highest BCUT2D eigenvalue weighted by Crippen LogP contribution is 2.20. The number of hydrogen-bond acceptors (Lipinski definition) is 4. The van der Waals surface area contributed by atoms with Crippen molar-refractivity contribution < 1.29 is 14.3 Å². The minimum absolute atomic E-state index is 0.00369. The van der Waals surface area contributed by atoms with Gasteiger partial charge < -0.3 is 15.0 Å². The third kappa shape index (κ3) is 8.24. The van der Waals surface area contributed by atoms with E-state index in [-0.39, 0.29) is 17.9 Å². The van der Waals surface area contributed by atoms with Crippen LogP contribution in [-0.4, -0.2) is 48.4 Å². The molecule has 6 heteroatoms. The van der Waals surface area contributed by atoms with Crippen molar-refractivity contribution in [2.45, 2.75) is 38.2 Å². The smallest absolute Gasteiger partial charge is 0.410 e. The van der Waals surface area contributed by atoms with Gasteiger partial charge in [0, 0.05) is 36.7 Å². The molecule has 1 rings (SSSR count). The summed E-state index contributed by atoms with van der Waals surface area (Å²) >= 11 is 1.66. The van der Waals surface area contributed by atoms with Gasteiger partial charge in [-0.1, -0.05) is 25.1 Å². The molecule has 5 nitrogen and oxygen atoms in total. The molecule has 0 aliphatic rings. The maximum absolute atomic E-state index is 12.1. The highest BCUT2D eigenvalue weighted by Gasteiger charge is 2.19. The van der Waals surface area contributed by atoms with E-state index >= 15 is 0 Å². The third-order valence-corrected chi connectivity index (χ3v) is 4.41. The Labute approximate surface area is 149 Å². The summed E-state index contributed by atoms with van der Waals surface area (Å²) in [6.07, 6.45) is -0.385. The van der Waals surface area contributed by atoms with Crippen molar-refractivity contribution in [2.75, 3.05) is 25.9 Å². The fourth-order valence-electron chi connectivity index (χ4n) is 1.77. The highest BCUT2D eigenvalue weighted by molar-refractivity contribution is 7.99. The monoisotopic (exact) mass is 352 g/mol. The van der Waals surface area contributed by atoms with E-state index in [1.54, 1.807) is 18.8 Å². The zero-order chi connectivity index (χ0) is 18.2. The summed E-state index contributed by atoms with van der Waals surface area (Å²) in [5.41, 5.74) is -0.516. The lowest BCUT2D eigenvalue weighted by atomic mass is 10.2. The molecule has 2 amide bonds. The Kier molecular flexibility index (Phi) is 8.11. The van der Waals surface area contributed by atoms with Crippen LogP contribution in [0.4, 0.5) is 4.79 Å². The number of hydrogen-bond donors (Lipinski definition) is 1. The van der Waals surface area contributed by atoms with Crippen LogP contribution in [0.2, 0.25) is 0 Å². The number of carbonyl (C=O) groups is 2. The third-order valence-electron chi connectivity index (χ3n) is 3.14. The van der Waals surface area contributed by atoms with Crippen LogP contribution in [-0.2, 0) is 9.53 Å². The number of thioether (sulfide) groups is 1. The molecule has 0 heterocycles. The molecule has 0 aliphatic heterocycles. The van der Waals surface area contributed by atoms with Crippen LogP contribution in [0.1, 0.15) is 27.7 Å². The van der Waals surface area contributed by atoms with Crippen LogP contribution in [0, 0.1) is 5.92 Å². The van der Waals surface area contributed by atoms with Gasteiger partial charge in [-0.05, 0) is 32.9 Å². The highest BCUT2D eigenvalue weighted by atomic mass is 32.2. The number of carbonyl (C=O) groups excluding carboxylic acids is 2. The molecule has 1 unspecified atom stereocenters. The topological polar surface area (TPSA) is 58.6 Å². The van der Waals surface area contributed by atoms with Gasteiger partial charge in [0.2, 0.25) is 5.91 Å². The molecule has 1 aromatic carbocycles. The van der Waals surface area contributed by atoms with Crippen LogP contribution >= 0.6 is 11.8 Å². The second kappa shape index (κ2) is 9.57. The Morgan fingerprint density at radius 1 is 1.25 bits per heavy atom. The molecule has 1 aromatic rings.